The molecule has 0 aliphatic carbocycles. The van der Waals surface area contributed by atoms with Crippen molar-refractivity contribution in [2.45, 2.75) is 45.3 Å². The minimum Gasteiger partial charge on any atom is -0.339 e. The predicted molar refractivity (Wildman–Crippen MR) is 67.7 cm³/mol. The van der Waals surface area contributed by atoms with Gasteiger partial charge in [0.1, 0.15) is 0 Å². The Kier molecular flexibility index (Phi) is 5.85. The number of halogens is 3. The fourth-order valence-electron chi connectivity index (χ4n) is 1.94. The van der Waals surface area contributed by atoms with Gasteiger partial charge in [-0.1, -0.05) is 19.9 Å². The molecular formula is C13H21F3N2O. The van der Waals surface area contributed by atoms with E-state index in [4.69, 9.17) is 0 Å². The Labute approximate surface area is 111 Å². The topological polar surface area (TPSA) is 32.3 Å². The molecule has 0 unspecified atom stereocenters. The number of nitrogens with zero attached hydrogens (tertiary/aromatic N) is 1. The van der Waals surface area contributed by atoms with Crippen LogP contribution >= 0.6 is 0 Å². The summed E-state index contributed by atoms with van der Waals surface area (Å²) in [6, 6.07) is 0.377. The van der Waals surface area contributed by atoms with Crippen molar-refractivity contribution in [2.75, 3.05) is 19.6 Å². The van der Waals surface area contributed by atoms with Crippen molar-refractivity contribution in [3.63, 3.8) is 0 Å². The van der Waals surface area contributed by atoms with E-state index >= 15 is 0 Å². The van der Waals surface area contributed by atoms with Crippen LogP contribution in [0.5, 0.6) is 0 Å². The van der Waals surface area contributed by atoms with Gasteiger partial charge in [0.05, 0.1) is 0 Å². The lowest BCUT2D eigenvalue weighted by Gasteiger charge is -2.27. The van der Waals surface area contributed by atoms with Crippen LogP contribution < -0.4 is 5.32 Å². The first kappa shape index (κ1) is 16.0. The molecule has 0 atom stereocenters. The summed E-state index contributed by atoms with van der Waals surface area (Å²) >= 11 is 0. The molecule has 0 fully saturated rings. The van der Waals surface area contributed by atoms with E-state index in [-0.39, 0.29) is 25.4 Å². The second kappa shape index (κ2) is 6.93. The zero-order chi connectivity index (χ0) is 14.5. The fourth-order valence-corrected chi connectivity index (χ4v) is 1.94. The van der Waals surface area contributed by atoms with Crippen LogP contribution in [0.4, 0.5) is 13.2 Å². The second-order valence-electron chi connectivity index (χ2n) is 5.03. The van der Waals surface area contributed by atoms with Crippen LogP contribution in [0.15, 0.2) is 11.6 Å². The molecule has 1 heterocycles. The monoisotopic (exact) mass is 278 g/mol. The van der Waals surface area contributed by atoms with Crippen LogP contribution in [0.25, 0.3) is 0 Å². The molecule has 19 heavy (non-hydrogen) atoms. The lowest BCUT2D eigenvalue weighted by molar-refractivity contribution is -0.132. The minimum atomic E-state index is -4.25. The molecule has 0 aromatic carbocycles. The Morgan fingerprint density at radius 2 is 2.16 bits per heavy atom. The number of carbonyl (C=O) groups excluding carboxylic acids is 1. The highest BCUT2D eigenvalue weighted by Crippen LogP contribution is 2.30. The molecule has 0 aromatic heterocycles. The number of alkyl halides is 3. The molecule has 1 aliphatic rings. The summed E-state index contributed by atoms with van der Waals surface area (Å²) in [5.41, 5.74) is -0.516. The van der Waals surface area contributed by atoms with E-state index in [0.29, 0.717) is 18.9 Å². The Morgan fingerprint density at radius 3 is 2.63 bits per heavy atom. The highest BCUT2D eigenvalue weighted by molar-refractivity contribution is 5.76. The number of amides is 1. The number of rotatable bonds is 5. The molecule has 1 N–H and O–H groups in total. The Balaban J connectivity index is 2.31. The van der Waals surface area contributed by atoms with Crippen LogP contribution in [-0.2, 0) is 4.79 Å². The van der Waals surface area contributed by atoms with E-state index in [1.165, 1.54) is 4.90 Å². The zero-order valence-corrected chi connectivity index (χ0v) is 11.4. The van der Waals surface area contributed by atoms with E-state index in [1.54, 1.807) is 0 Å². The van der Waals surface area contributed by atoms with Gasteiger partial charge in [0.2, 0.25) is 5.91 Å². The average Bonchev–Trinajstić information content (AvgIpc) is 2.33. The van der Waals surface area contributed by atoms with Gasteiger partial charge in [-0.05, 0) is 19.4 Å². The van der Waals surface area contributed by atoms with Crippen molar-refractivity contribution in [2.24, 2.45) is 0 Å². The lowest BCUT2D eigenvalue weighted by atomic mass is 10.1. The predicted octanol–water partition coefficient (Wildman–Crippen LogP) is 2.49. The third-order valence-corrected chi connectivity index (χ3v) is 3.05. The SMILES string of the molecule is CC(C)NCCCC(=O)N1CC=C(C(F)(F)F)CC1. The summed E-state index contributed by atoms with van der Waals surface area (Å²) in [5, 5.41) is 3.20. The summed E-state index contributed by atoms with van der Waals surface area (Å²) in [4.78, 5) is 13.3. The highest BCUT2D eigenvalue weighted by atomic mass is 19.4. The summed E-state index contributed by atoms with van der Waals surface area (Å²) < 4.78 is 37.2. The quantitative estimate of drug-likeness (QED) is 0.619. The number of hydrogen-bond donors (Lipinski definition) is 1. The van der Waals surface area contributed by atoms with Crippen molar-refractivity contribution in [1.29, 1.82) is 0 Å². The summed E-state index contributed by atoms with van der Waals surface area (Å²) in [6.45, 7) is 5.04. The molecule has 110 valence electrons. The maximum Gasteiger partial charge on any atom is 0.412 e. The van der Waals surface area contributed by atoms with Gasteiger partial charge in [-0.2, -0.15) is 13.2 Å². The first-order chi connectivity index (χ1) is 8.80. The van der Waals surface area contributed by atoms with E-state index in [9.17, 15) is 18.0 Å². The molecule has 1 amide bonds. The third kappa shape index (κ3) is 5.63. The Hall–Kier alpha value is -1.04. The van der Waals surface area contributed by atoms with Crippen molar-refractivity contribution in [3.05, 3.63) is 11.6 Å². The number of carbonyl (C=O) groups is 1. The smallest absolute Gasteiger partial charge is 0.339 e. The number of hydrogen-bond acceptors (Lipinski definition) is 2. The van der Waals surface area contributed by atoms with E-state index in [1.807, 2.05) is 13.8 Å². The second-order valence-corrected chi connectivity index (χ2v) is 5.03. The molecule has 6 heteroatoms. The summed E-state index contributed by atoms with van der Waals surface area (Å²) in [5.74, 6) is -0.0666. The van der Waals surface area contributed by atoms with Crippen molar-refractivity contribution < 1.29 is 18.0 Å². The van der Waals surface area contributed by atoms with Crippen LogP contribution in [0.1, 0.15) is 33.1 Å². The van der Waals surface area contributed by atoms with Crippen molar-refractivity contribution in [1.82, 2.24) is 10.2 Å². The molecule has 3 nitrogen and oxygen atoms in total. The van der Waals surface area contributed by atoms with Crippen molar-refractivity contribution in [3.8, 4) is 0 Å². The largest absolute Gasteiger partial charge is 0.412 e. The maximum atomic E-state index is 12.4. The molecule has 0 radical (unpaired) electrons. The Bertz CT molecular complexity index is 337. The molecule has 0 bridgehead atoms. The standard InChI is InChI=1S/C13H21F3N2O/c1-10(2)17-7-3-4-12(19)18-8-5-11(6-9-18)13(14,15)16/h5,10,17H,3-4,6-9H2,1-2H3. The maximum absolute atomic E-state index is 12.4. The lowest BCUT2D eigenvalue weighted by Crippen LogP contribution is -2.37. The molecule has 0 saturated carbocycles. The Morgan fingerprint density at radius 1 is 1.47 bits per heavy atom. The van der Waals surface area contributed by atoms with Crippen molar-refractivity contribution >= 4 is 5.91 Å². The molecule has 0 aromatic rings. The van der Waals surface area contributed by atoms with E-state index < -0.39 is 11.7 Å². The van der Waals surface area contributed by atoms with Crippen LogP contribution in [0.3, 0.4) is 0 Å². The van der Waals surface area contributed by atoms with Crippen LogP contribution in [0.2, 0.25) is 0 Å². The van der Waals surface area contributed by atoms with E-state index in [0.717, 1.165) is 12.6 Å². The van der Waals surface area contributed by atoms with Gasteiger partial charge in [0.25, 0.3) is 0 Å². The first-order valence-corrected chi connectivity index (χ1v) is 6.58. The van der Waals surface area contributed by atoms with Gasteiger partial charge < -0.3 is 10.2 Å². The van der Waals surface area contributed by atoms with Gasteiger partial charge >= 0.3 is 6.18 Å². The van der Waals surface area contributed by atoms with Gasteiger partial charge in [-0.25, -0.2) is 0 Å². The van der Waals surface area contributed by atoms with Gasteiger partial charge in [0.15, 0.2) is 0 Å². The van der Waals surface area contributed by atoms with Crippen LogP contribution in [0, 0.1) is 0 Å². The molecular weight excluding hydrogens is 257 g/mol. The molecule has 1 aliphatic heterocycles. The summed E-state index contributed by atoms with van der Waals surface area (Å²) in [6.07, 6.45) is -2.14. The average molecular weight is 278 g/mol. The molecule has 1 rings (SSSR count). The van der Waals surface area contributed by atoms with Gasteiger partial charge in [-0.3, -0.25) is 4.79 Å². The highest BCUT2D eigenvalue weighted by Gasteiger charge is 2.35. The van der Waals surface area contributed by atoms with Crippen LogP contribution in [-0.4, -0.2) is 42.7 Å². The fraction of sp³-hybridized carbons (Fsp3) is 0.769. The van der Waals surface area contributed by atoms with Gasteiger partial charge in [0, 0.05) is 31.1 Å². The zero-order valence-electron chi connectivity index (χ0n) is 11.4. The number of nitrogens with one attached hydrogen (secondary N) is 1. The summed E-state index contributed by atoms with van der Waals surface area (Å²) in [7, 11) is 0. The first-order valence-electron chi connectivity index (χ1n) is 6.58. The molecule has 0 spiro atoms. The third-order valence-electron chi connectivity index (χ3n) is 3.05. The molecule has 0 saturated heterocycles. The van der Waals surface area contributed by atoms with E-state index in [2.05, 4.69) is 5.32 Å². The minimum absolute atomic E-state index is 0.0666. The van der Waals surface area contributed by atoms with Gasteiger partial charge in [-0.15, -0.1) is 0 Å². The normalized spacial score (nSPS) is 16.7.